The van der Waals surface area contributed by atoms with Crippen LogP contribution in [0.3, 0.4) is 0 Å². The molecule has 2 heterocycles. The fraction of sp³-hybridized carbons (Fsp3) is 0. The number of halogens is 1. The fourth-order valence-electron chi connectivity index (χ4n) is 0.884. The molecule has 2 aromatic heterocycles. The molecule has 0 unspecified atom stereocenters. The molecule has 0 fully saturated rings. The molecular formula is C8H4ClNO2S. The second-order valence-electron chi connectivity index (χ2n) is 2.29. The smallest absolute Gasteiger partial charge is 0.237 e. The van der Waals surface area contributed by atoms with E-state index >= 15 is 0 Å². The van der Waals surface area contributed by atoms with Crippen molar-refractivity contribution in [1.82, 2.24) is 4.98 Å². The van der Waals surface area contributed by atoms with Crippen LogP contribution in [-0.4, -0.2) is 11.3 Å². The van der Waals surface area contributed by atoms with E-state index in [1.165, 1.54) is 17.5 Å². The Morgan fingerprint density at radius 3 is 2.92 bits per heavy atom. The highest BCUT2D eigenvalue weighted by molar-refractivity contribution is 7.19. The Kier molecular flexibility index (Phi) is 2.16. The highest BCUT2D eigenvalue weighted by Crippen LogP contribution is 2.30. The van der Waals surface area contributed by atoms with Gasteiger partial charge in [0.2, 0.25) is 5.89 Å². The van der Waals surface area contributed by atoms with Gasteiger partial charge in [-0.3, -0.25) is 4.79 Å². The van der Waals surface area contributed by atoms with Crippen molar-refractivity contribution in [3.8, 4) is 10.8 Å². The third kappa shape index (κ3) is 1.64. The van der Waals surface area contributed by atoms with E-state index in [0.29, 0.717) is 16.5 Å². The van der Waals surface area contributed by atoms with E-state index in [2.05, 4.69) is 4.98 Å². The number of carbonyl (C=O) groups is 1. The Bertz CT molecular complexity index is 435. The van der Waals surface area contributed by atoms with E-state index in [0.717, 1.165) is 4.88 Å². The average molecular weight is 214 g/mol. The first-order valence-electron chi connectivity index (χ1n) is 3.46. The maximum absolute atomic E-state index is 10.3. The number of oxazole rings is 1. The van der Waals surface area contributed by atoms with Gasteiger partial charge in [0.15, 0.2) is 12.0 Å². The summed E-state index contributed by atoms with van der Waals surface area (Å²) in [5.41, 5.74) is 0. The van der Waals surface area contributed by atoms with Crippen LogP contribution in [0.15, 0.2) is 22.7 Å². The Morgan fingerprint density at radius 1 is 1.54 bits per heavy atom. The molecule has 0 N–H and O–H groups in total. The zero-order chi connectivity index (χ0) is 9.26. The van der Waals surface area contributed by atoms with E-state index < -0.39 is 0 Å². The van der Waals surface area contributed by atoms with Crippen molar-refractivity contribution in [2.75, 3.05) is 0 Å². The SMILES string of the molecule is O=Cc1cnc(-c2ccc(Cl)s2)o1. The van der Waals surface area contributed by atoms with Crippen LogP contribution in [0, 0.1) is 0 Å². The van der Waals surface area contributed by atoms with Gasteiger partial charge in [-0.2, -0.15) is 0 Å². The van der Waals surface area contributed by atoms with E-state index in [-0.39, 0.29) is 5.76 Å². The predicted octanol–water partition coefficient (Wildman–Crippen LogP) is 2.87. The molecule has 0 saturated carbocycles. The van der Waals surface area contributed by atoms with E-state index in [1.807, 2.05) is 0 Å². The van der Waals surface area contributed by atoms with Crippen LogP contribution in [0.2, 0.25) is 4.34 Å². The molecule has 3 nitrogen and oxygen atoms in total. The van der Waals surface area contributed by atoms with Crippen molar-refractivity contribution >= 4 is 29.2 Å². The zero-order valence-corrected chi connectivity index (χ0v) is 7.93. The van der Waals surface area contributed by atoms with Crippen LogP contribution in [-0.2, 0) is 0 Å². The second-order valence-corrected chi connectivity index (χ2v) is 4.00. The third-order valence-electron chi connectivity index (χ3n) is 1.42. The van der Waals surface area contributed by atoms with Gasteiger partial charge in [-0.25, -0.2) is 4.98 Å². The Morgan fingerprint density at radius 2 is 2.38 bits per heavy atom. The van der Waals surface area contributed by atoms with Crippen LogP contribution < -0.4 is 0 Å². The van der Waals surface area contributed by atoms with Gasteiger partial charge in [0.25, 0.3) is 0 Å². The Hall–Kier alpha value is -1.13. The minimum atomic E-state index is 0.222. The van der Waals surface area contributed by atoms with Crippen LogP contribution >= 0.6 is 22.9 Å². The van der Waals surface area contributed by atoms with Crippen molar-refractivity contribution in [3.05, 3.63) is 28.4 Å². The fourth-order valence-corrected chi connectivity index (χ4v) is 1.86. The Labute approximate surface area is 83.0 Å². The first-order valence-corrected chi connectivity index (χ1v) is 4.66. The minimum absolute atomic E-state index is 0.222. The summed E-state index contributed by atoms with van der Waals surface area (Å²) in [7, 11) is 0. The number of nitrogens with zero attached hydrogens (tertiary/aromatic N) is 1. The molecular weight excluding hydrogens is 210 g/mol. The van der Waals surface area contributed by atoms with Crippen molar-refractivity contribution < 1.29 is 9.21 Å². The molecule has 0 spiro atoms. The summed E-state index contributed by atoms with van der Waals surface area (Å²) in [6.45, 7) is 0. The first kappa shape index (κ1) is 8.47. The van der Waals surface area contributed by atoms with Crippen LogP contribution in [0.25, 0.3) is 10.8 Å². The molecule has 0 aliphatic heterocycles. The number of hydrogen-bond acceptors (Lipinski definition) is 4. The largest absolute Gasteiger partial charge is 0.433 e. The highest BCUT2D eigenvalue weighted by Gasteiger charge is 2.07. The normalized spacial score (nSPS) is 10.2. The van der Waals surface area contributed by atoms with Gasteiger partial charge in [0.05, 0.1) is 15.4 Å². The molecule has 0 amide bonds. The molecule has 66 valence electrons. The molecule has 0 bridgehead atoms. The summed E-state index contributed by atoms with van der Waals surface area (Å²) in [5, 5.41) is 0. The maximum atomic E-state index is 10.3. The van der Waals surface area contributed by atoms with Crippen molar-refractivity contribution in [3.63, 3.8) is 0 Å². The molecule has 0 aromatic carbocycles. The lowest BCUT2D eigenvalue weighted by Crippen LogP contribution is -1.68. The summed E-state index contributed by atoms with van der Waals surface area (Å²) in [6.07, 6.45) is 2.00. The third-order valence-corrected chi connectivity index (χ3v) is 2.64. The molecule has 0 atom stereocenters. The number of aldehydes is 1. The quantitative estimate of drug-likeness (QED) is 0.721. The molecule has 2 aromatic rings. The number of thiophene rings is 1. The van der Waals surface area contributed by atoms with E-state index in [9.17, 15) is 4.79 Å². The van der Waals surface area contributed by atoms with Gasteiger partial charge in [0, 0.05) is 0 Å². The standard InChI is InChI=1S/C8H4ClNO2S/c9-7-2-1-6(13-7)8-10-3-5(4-11)12-8/h1-4H. The van der Waals surface area contributed by atoms with Gasteiger partial charge in [-0.1, -0.05) is 11.6 Å². The summed E-state index contributed by atoms with van der Waals surface area (Å²) in [5.74, 6) is 0.651. The number of carbonyl (C=O) groups excluding carboxylic acids is 1. The topological polar surface area (TPSA) is 43.1 Å². The number of rotatable bonds is 2. The van der Waals surface area contributed by atoms with Crippen molar-refractivity contribution in [2.45, 2.75) is 0 Å². The lowest BCUT2D eigenvalue weighted by Gasteiger charge is -1.84. The van der Waals surface area contributed by atoms with Crippen LogP contribution in [0.1, 0.15) is 10.6 Å². The van der Waals surface area contributed by atoms with Crippen molar-refractivity contribution in [1.29, 1.82) is 0 Å². The average Bonchev–Trinajstić information content (AvgIpc) is 2.71. The minimum Gasteiger partial charge on any atom is -0.433 e. The summed E-state index contributed by atoms with van der Waals surface area (Å²) < 4.78 is 5.77. The monoisotopic (exact) mass is 213 g/mol. The molecule has 13 heavy (non-hydrogen) atoms. The van der Waals surface area contributed by atoms with E-state index in [1.54, 1.807) is 12.1 Å². The second kappa shape index (κ2) is 3.32. The molecule has 0 saturated heterocycles. The Balaban J connectivity index is 2.40. The van der Waals surface area contributed by atoms with Gasteiger partial charge in [-0.05, 0) is 12.1 Å². The lowest BCUT2D eigenvalue weighted by molar-refractivity contribution is 0.110. The predicted molar refractivity (Wildman–Crippen MR) is 50.2 cm³/mol. The molecule has 0 radical (unpaired) electrons. The first-order chi connectivity index (χ1) is 6.29. The number of aromatic nitrogens is 1. The lowest BCUT2D eigenvalue weighted by atomic mass is 10.5. The van der Waals surface area contributed by atoms with Crippen molar-refractivity contribution in [2.24, 2.45) is 0 Å². The highest BCUT2D eigenvalue weighted by atomic mass is 35.5. The van der Waals surface area contributed by atoms with E-state index in [4.69, 9.17) is 16.0 Å². The van der Waals surface area contributed by atoms with Crippen LogP contribution in [0.4, 0.5) is 0 Å². The summed E-state index contributed by atoms with van der Waals surface area (Å²) in [4.78, 5) is 15.0. The molecule has 5 heteroatoms. The molecule has 0 aliphatic rings. The molecule has 0 aliphatic carbocycles. The van der Waals surface area contributed by atoms with Gasteiger partial charge < -0.3 is 4.42 Å². The van der Waals surface area contributed by atoms with Gasteiger partial charge in [-0.15, -0.1) is 11.3 Å². The number of hydrogen-bond donors (Lipinski definition) is 0. The summed E-state index contributed by atoms with van der Waals surface area (Å²) in [6, 6.07) is 3.56. The zero-order valence-electron chi connectivity index (χ0n) is 6.36. The van der Waals surface area contributed by atoms with Gasteiger partial charge in [0.1, 0.15) is 0 Å². The maximum Gasteiger partial charge on any atom is 0.237 e. The molecule has 2 rings (SSSR count). The van der Waals surface area contributed by atoms with Gasteiger partial charge >= 0.3 is 0 Å². The van der Waals surface area contributed by atoms with Crippen LogP contribution in [0.5, 0.6) is 0 Å². The summed E-state index contributed by atoms with van der Waals surface area (Å²) >= 11 is 7.09.